The summed E-state index contributed by atoms with van der Waals surface area (Å²) in [4.78, 5) is 28.4. The van der Waals surface area contributed by atoms with Gasteiger partial charge in [-0.15, -0.1) is 0 Å². The van der Waals surface area contributed by atoms with Gasteiger partial charge in [-0.1, -0.05) is 30.3 Å². The summed E-state index contributed by atoms with van der Waals surface area (Å²) in [6.07, 6.45) is 0.300. The third kappa shape index (κ3) is 6.22. The number of likely N-dealkylation sites (N-methyl/N-ethyl adjacent to an activating group) is 1. The fraction of sp³-hybridized carbons (Fsp3) is 0.391. The van der Waals surface area contributed by atoms with E-state index in [2.05, 4.69) is 27.7 Å². The number of hydrogen-bond acceptors (Lipinski definition) is 4. The molecule has 1 aliphatic heterocycles. The molecule has 30 heavy (non-hydrogen) atoms. The van der Waals surface area contributed by atoms with E-state index in [1.54, 1.807) is 4.90 Å². The van der Waals surface area contributed by atoms with Gasteiger partial charge in [-0.25, -0.2) is 4.79 Å². The van der Waals surface area contributed by atoms with E-state index in [9.17, 15) is 9.59 Å². The maximum absolute atomic E-state index is 12.4. The quantitative estimate of drug-likeness (QED) is 0.667. The van der Waals surface area contributed by atoms with Gasteiger partial charge in [0.2, 0.25) is 5.91 Å². The summed E-state index contributed by atoms with van der Waals surface area (Å²) >= 11 is 0. The Balaban J connectivity index is 1.39. The molecule has 1 fully saturated rings. The monoisotopic (exact) mass is 410 g/mol. The number of ether oxygens (including phenoxy) is 1. The van der Waals surface area contributed by atoms with Gasteiger partial charge in [-0.3, -0.25) is 4.79 Å². The molecule has 0 spiro atoms. The van der Waals surface area contributed by atoms with Gasteiger partial charge in [0.05, 0.1) is 12.6 Å². The van der Waals surface area contributed by atoms with Crippen LogP contribution in [0.1, 0.15) is 18.9 Å². The van der Waals surface area contributed by atoms with Gasteiger partial charge in [0.1, 0.15) is 5.75 Å². The summed E-state index contributed by atoms with van der Waals surface area (Å²) in [5, 5.41) is 5.79. The Labute approximate surface area is 178 Å². The maximum Gasteiger partial charge on any atom is 0.315 e. The fourth-order valence-electron chi connectivity index (χ4n) is 3.51. The van der Waals surface area contributed by atoms with Crippen molar-refractivity contribution in [3.05, 3.63) is 60.2 Å². The zero-order chi connectivity index (χ0) is 21.3. The van der Waals surface area contributed by atoms with Gasteiger partial charge in [0.15, 0.2) is 0 Å². The molecule has 7 nitrogen and oxygen atoms in total. The molecule has 2 aromatic rings. The summed E-state index contributed by atoms with van der Waals surface area (Å²) in [6.45, 7) is 5.11. The van der Waals surface area contributed by atoms with Gasteiger partial charge in [0, 0.05) is 38.3 Å². The molecule has 0 bridgehead atoms. The molecule has 0 unspecified atom stereocenters. The molecule has 0 aromatic heterocycles. The molecule has 2 N–H and O–H groups in total. The van der Waals surface area contributed by atoms with E-state index in [1.165, 1.54) is 5.56 Å². The number of nitrogens with one attached hydrogen (secondary N) is 2. The topological polar surface area (TPSA) is 73.9 Å². The standard InChI is InChI=1S/C23H30N4O3/c1-3-30-21-11-9-20(10-12-21)27-17-19(15-22(27)28)25-23(29)24-13-14-26(2)16-18-7-5-4-6-8-18/h4-12,19H,3,13-17H2,1-2H3,(H2,24,25,29)/t19-/m1/s1. The van der Waals surface area contributed by atoms with Crippen molar-refractivity contribution in [1.29, 1.82) is 0 Å². The van der Waals surface area contributed by atoms with Crippen LogP contribution in [0.4, 0.5) is 10.5 Å². The maximum atomic E-state index is 12.4. The lowest BCUT2D eigenvalue weighted by atomic mass is 10.2. The zero-order valence-corrected chi connectivity index (χ0v) is 17.6. The lowest BCUT2D eigenvalue weighted by molar-refractivity contribution is -0.117. The van der Waals surface area contributed by atoms with Crippen molar-refractivity contribution in [3.8, 4) is 5.75 Å². The SMILES string of the molecule is CCOc1ccc(N2C[C@H](NC(=O)NCCN(C)Cc3ccccc3)CC2=O)cc1. The van der Waals surface area contributed by atoms with E-state index >= 15 is 0 Å². The second-order valence-corrected chi connectivity index (χ2v) is 7.46. The third-order valence-corrected chi connectivity index (χ3v) is 4.99. The number of urea groups is 1. The lowest BCUT2D eigenvalue weighted by Gasteiger charge is -2.19. The molecular formula is C23H30N4O3. The largest absolute Gasteiger partial charge is 0.494 e. The number of benzene rings is 2. The van der Waals surface area contributed by atoms with Gasteiger partial charge < -0.3 is 25.2 Å². The van der Waals surface area contributed by atoms with Crippen LogP contribution in [0.5, 0.6) is 5.75 Å². The number of rotatable bonds is 9. The summed E-state index contributed by atoms with van der Waals surface area (Å²) in [6, 6.07) is 17.2. The first-order valence-corrected chi connectivity index (χ1v) is 10.3. The predicted octanol–water partition coefficient (Wildman–Crippen LogP) is 2.62. The van der Waals surface area contributed by atoms with E-state index in [0.717, 1.165) is 24.5 Å². The number of carbonyl (C=O) groups excluding carboxylic acids is 2. The van der Waals surface area contributed by atoms with Crippen LogP contribution >= 0.6 is 0 Å². The first kappa shape index (κ1) is 21.6. The molecule has 1 saturated heterocycles. The predicted molar refractivity (Wildman–Crippen MR) is 118 cm³/mol. The van der Waals surface area contributed by atoms with Crippen LogP contribution in [0, 0.1) is 0 Å². The Morgan fingerprint density at radius 1 is 1.17 bits per heavy atom. The Bertz CT molecular complexity index is 826. The molecule has 1 aliphatic rings. The number of anilines is 1. The smallest absolute Gasteiger partial charge is 0.315 e. The normalized spacial score (nSPS) is 16.0. The molecule has 0 saturated carbocycles. The van der Waals surface area contributed by atoms with E-state index in [4.69, 9.17) is 4.74 Å². The van der Waals surface area contributed by atoms with Gasteiger partial charge >= 0.3 is 6.03 Å². The van der Waals surface area contributed by atoms with E-state index in [-0.39, 0.29) is 18.0 Å². The van der Waals surface area contributed by atoms with E-state index in [1.807, 2.05) is 56.4 Å². The second kappa shape index (κ2) is 10.6. The first-order chi connectivity index (χ1) is 14.5. The average Bonchev–Trinajstić information content (AvgIpc) is 3.09. The highest BCUT2D eigenvalue weighted by Gasteiger charge is 2.31. The van der Waals surface area contributed by atoms with Gasteiger partial charge in [-0.05, 0) is 43.8 Å². The van der Waals surface area contributed by atoms with Crippen LogP contribution in [0.25, 0.3) is 0 Å². The molecule has 160 valence electrons. The van der Waals surface area contributed by atoms with Gasteiger partial charge in [-0.2, -0.15) is 0 Å². The summed E-state index contributed by atoms with van der Waals surface area (Å²) in [5.41, 5.74) is 2.05. The molecule has 3 rings (SSSR count). The molecule has 7 heteroatoms. The minimum absolute atomic E-state index is 0.00653. The Hall–Kier alpha value is -3.06. The Morgan fingerprint density at radius 2 is 1.90 bits per heavy atom. The van der Waals surface area contributed by atoms with Crippen LogP contribution in [-0.4, -0.2) is 56.2 Å². The number of amides is 3. The van der Waals surface area contributed by atoms with Crippen molar-refractivity contribution < 1.29 is 14.3 Å². The highest BCUT2D eigenvalue weighted by molar-refractivity contribution is 5.96. The first-order valence-electron chi connectivity index (χ1n) is 10.3. The van der Waals surface area contributed by atoms with Crippen molar-refractivity contribution in [3.63, 3.8) is 0 Å². The fourth-order valence-corrected chi connectivity index (χ4v) is 3.51. The molecule has 2 aromatic carbocycles. The molecule has 0 aliphatic carbocycles. The Kier molecular flexibility index (Phi) is 7.68. The molecule has 3 amide bonds. The summed E-state index contributed by atoms with van der Waals surface area (Å²) < 4.78 is 5.44. The van der Waals surface area contributed by atoms with Crippen LogP contribution in [-0.2, 0) is 11.3 Å². The van der Waals surface area contributed by atoms with E-state index in [0.29, 0.717) is 26.1 Å². The van der Waals surface area contributed by atoms with E-state index < -0.39 is 0 Å². The molecule has 0 radical (unpaired) electrons. The van der Waals surface area contributed by atoms with Crippen molar-refractivity contribution >= 4 is 17.6 Å². The molecule has 1 heterocycles. The number of nitrogens with zero attached hydrogens (tertiary/aromatic N) is 2. The minimum atomic E-state index is -0.241. The highest BCUT2D eigenvalue weighted by Crippen LogP contribution is 2.24. The van der Waals surface area contributed by atoms with Crippen LogP contribution in [0.15, 0.2) is 54.6 Å². The van der Waals surface area contributed by atoms with Crippen molar-refractivity contribution in [2.24, 2.45) is 0 Å². The zero-order valence-electron chi connectivity index (χ0n) is 17.6. The average molecular weight is 411 g/mol. The van der Waals surface area contributed by atoms with Crippen molar-refractivity contribution in [2.45, 2.75) is 25.9 Å². The van der Waals surface area contributed by atoms with Crippen LogP contribution in [0.3, 0.4) is 0 Å². The lowest BCUT2D eigenvalue weighted by Crippen LogP contribution is -2.45. The van der Waals surface area contributed by atoms with Crippen molar-refractivity contribution in [1.82, 2.24) is 15.5 Å². The third-order valence-electron chi connectivity index (χ3n) is 4.99. The summed E-state index contributed by atoms with van der Waals surface area (Å²) in [5.74, 6) is 0.784. The number of hydrogen-bond donors (Lipinski definition) is 2. The summed E-state index contributed by atoms with van der Waals surface area (Å²) in [7, 11) is 2.02. The minimum Gasteiger partial charge on any atom is -0.494 e. The molecular weight excluding hydrogens is 380 g/mol. The van der Waals surface area contributed by atoms with Gasteiger partial charge in [0.25, 0.3) is 0 Å². The Morgan fingerprint density at radius 3 is 2.60 bits per heavy atom. The highest BCUT2D eigenvalue weighted by atomic mass is 16.5. The van der Waals surface area contributed by atoms with Crippen LogP contribution in [0.2, 0.25) is 0 Å². The van der Waals surface area contributed by atoms with Crippen LogP contribution < -0.4 is 20.3 Å². The van der Waals surface area contributed by atoms with Crippen molar-refractivity contribution in [2.75, 3.05) is 38.2 Å². The number of carbonyl (C=O) groups is 2. The second-order valence-electron chi connectivity index (χ2n) is 7.46. The molecule has 1 atom stereocenters.